The molecule has 1 fully saturated rings. The van der Waals surface area contributed by atoms with E-state index in [-0.39, 0.29) is 18.4 Å². The Labute approximate surface area is 158 Å². The van der Waals surface area contributed by atoms with Gasteiger partial charge in [-0.15, -0.1) is 0 Å². The minimum absolute atomic E-state index is 0.0328. The molecule has 0 aliphatic carbocycles. The summed E-state index contributed by atoms with van der Waals surface area (Å²) in [5.74, 6) is 0.327. The van der Waals surface area contributed by atoms with Crippen LogP contribution in [0, 0.1) is 0 Å². The summed E-state index contributed by atoms with van der Waals surface area (Å²) in [6, 6.07) is 8.83. The van der Waals surface area contributed by atoms with Gasteiger partial charge in [0.15, 0.2) is 6.61 Å². The number of anilines is 1. The summed E-state index contributed by atoms with van der Waals surface area (Å²) >= 11 is 0. The zero-order valence-corrected chi connectivity index (χ0v) is 15.4. The molecule has 3 N–H and O–H groups in total. The quantitative estimate of drug-likeness (QED) is 0.678. The molecule has 0 unspecified atom stereocenters. The van der Waals surface area contributed by atoms with E-state index in [4.69, 9.17) is 4.74 Å². The topological polar surface area (TPSA) is 97.3 Å². The van der Waals surface area contributed by atoms with Crippen LogP contribution in [0.15, 0.2) is 42.7 Å². The van der Waals surface area contributed by atoms with Crippen LogP contribution in [0.5, 0.6) is 5.75 Å². The van der Waals surface area contributed by atoms with Crippen molar-refractivity contribution in [1.29, 1.82) is 0 Å². The Morgan fingerprint density at radius 1 is 1.26 bits per heavy atom. The number of ether oxygens (including phenoxy) is 1. The molecule has 1 aliphatic heterocycles. The lowest BCUT2D eigenvalue weighted by atomic mass is 9.87. The molecule has 2 amide bonds. The normalized spacial score (nSPS) is 15.7. The van der Waals surface area contributed by atoms with Crippen molar-refractivity contribution in [3.63, 3.8) is 0 Å². The fraction of sp³-hybridized carbons (Fsp3) is 0.421. The Balaban J connectivity index is 1.65. The van der Waals surface area contributed by atoms with Crippen molar-refractivity contribution in [1.82, 2.24) is 20.4 Å². The van der Waals surface area contributed by atoms with Gasteiger partial charge in [-0.3, -0.25) is 14.3 Å². The van der Waals surface area contributed by atoms with E-state index in [1.54, 1.807) is 35.1 Å². The van der Waals surface area contributed by atoms with Gasteiger partial charge < -0.3 is 20.7 Å². The van der Waals surface area contributed by atoms with E-state index in [9.17, 15) is 9.59 Å². The standard InChI is InChI=1S/C19H25N5O3/c1-2-21-17(25)14-27-16-6-4-15(5-7-16)23-18(26)19(8-11-20-12-9-19)24-13-3-10-22-24/h3-7,10,13,20H,2,8-9,11-12,14H2,1H3,(H,21,25)(H,23,26). The van der Waals surface area contributed by atoms with Crippen LogP contribution in [0.3, 0.4) is 0 Å². The first-order chi connectivity index (χ1) is 13.1. The number of benzene rings is 1. The molecule has 3 rings (SSSR count). The number of amides is 2. The number of hydrogen-bond donors (Lipinski definition) is 3. The molecule has 144 valence electrons. The fourth-order valence-corrected chi connectivity index (χ4v) is 3.20. The molecule has 0 atom stereocenters. The summed E-state index contributed by atoms with van der Waals surface area (Å²) < 4.78 is 7.19. The van der Waals surface area contributed by atoms with Gasteiger partial charge in [-0.25, -0.2) is 0 Å². The Morgan fingerprint density at radius 2 is 2.00 bits per heavy atom. The zero-order chi connectivity index (χ0) is 19.1. The minimum Gasteiger partial charge on any atom is -0.484 e. The summed E-state index contributed by atoms with van der Waals surface area (Å²) in [5, 5.41) is 13.3. The average molecular weight is 371 g/mol. The van der Waals surface area contributed by atoms with Crippen molar-refractivity contribution < 1.29 is 14.3 Å². The lowest BCUT2D eigenvalue weighted by Gasteiger charge is -2.36. The van der Waals surface area contributed by atoms with Crippen LogP contribution >= 0.6 is 0 Å². The molecule has 0 saturated carbocycles. The van der Waals surface area contributed by atoms with Gasteiger partial charge in [-0.1, -0.05) is 0 Å². The number of nitrogens with one attached hydrogen (secondary N) is 3. The van der Waals surface area contributed by atoms with E-state index < -0.39 is 5.54 Å². The van der Waals surface area contributed by atoms with Crippen LogP contribution in [-0.4, -0.2) is 47.8 Å². The molecule has 0 radical (unpaired) electrons. The molecule has 1 aromatic heterocycles. The number of piperidine rings is 1. The van der Waals surface area contributed by atoms with Crippen LogP contribution in [0.4, 0.5) is 5.69 Å². The first-order valence-electron chi connectivity index (χ1n) is 9.16. The minimum atomic E-state index is -0.692. The SMILES string of the molecule is CCNC(=O)COc1ccc(NC(=O)C2(n3cccn3)CCNCC2)cc1. The van der Waals surface area contributed by atoms with E-state index >= 15 is 0 Å². The average Bonchev–Trinajstić information content (AvgIpc) is 3.23. The summed E-state index contributed by atoms with van der Waals surface area (Å²) in [7, 11) is 0. The maximum absolute atomic E-state index is 13.1. The predicted octanol–water partition coefficient (Wildman–Crippen LogP) is 1.12. The number of carbonyl (C=O) groups excluding carboxylic acids is 2. The highest BCUT2D eigenvalue weighted by Crippen LogP contribution is 2.29. The maximum atomic E-state index is 13.1. The summed E-state index contributed by atoms with van der Waals surface area (Å²) in [6.07, 6.45) is 4.88. The van der Waals surface area contributed by atoms with Crippen LogP contribution < -0.4 is 20.7 Å². The molecule has 1 aromatic carbocycles. The highest BCUT2D eigenvalue weighted by molar-refractivity contribution is 5.96. The van der Waals surface area contributed by atoms with Gasteiger partial charge in [0, 0.05) is 24.6 Å². The number of aromatic nitrogens is 2. The summed E-state index contributed by atoms with van der Waals surface area (Å²) in [4.78, 5) is 24.5. The molecular formula is C19H25N5O3. The van der Waals surface area contributed by atoms with Gasteiger partial charge in [-0.2, -0.15) is 5.10 Å². The smallest absolute Gasteiger partial charge is 0.257 e. The summed E-state index contributed by atoms with van der Waals surface area (Å²) in [5.41, 5.74) is -0.0160. The molecule has 1 saturated heterocycles. The molecule has 0 spiro atoms. The number of hydrogen-bond acceptors (Lipinski definition) is 5. The first kappa shape index (κ1) is 18.9. The Morgan fingerprint density at radius 3 is 2.63 bits per heavy atom. The van der Waals surface area contributed by atoms with Gasteiger partial charge in [-0.05, 0) is 63.2 Å². The van der Waals surface area contributed by atoms with E-state index in [2.05, 4.69) is 21.0 Å². The van der Waals surface area contributed by atoms with Crippen molar-refractivity contribution in [2.75, 3.05) is 31.6 Å². The second-order valence-electron chi connectivity index (χ2n) is 6.45. The van der Waals surface area contributed by atoms with Gasteiger partial charge >= 0.3 is 0 Å². The number of likely N-dealkylation sites (N-methyl/N-ethyl adjacent to an activating group) is 1. The summed E-state index contributed by atoms with van der Waals surface area (Å²) in [6.45, 7) is 3.92. The third-order valence-electron chi connectivity index (χ3n) is 4.65. The molecule has 27 heavy (non-hydrogen) atoms. The first-order valence-corrected chi connectivity index (χ1v) is 9.16. The highest BCUT2D eigenvalue weighted by atomic mass is 16.5. The molecule has 8 nitrogen and oxygen atoms in total. The molecule has 8 heteroatoms. The van der Waals surface area contributed by atoms with Gasteiger partial charge in [0.2, 0.25) is 0 Å². The fourth-order valence-electron chi connectivity index (χ4n) is 3.20. The van der Waals surface area contributed by atoms with Crippen molar-refractivity contribution in [3.8, 4) is 5.75 Å². The van der Waals surface area contributed by atoms with Crippen molar-refractivity contribution in [3.05, 3.63) is 42.7 Å². The maximum Gasteiger partial charge on any atom is 0.257 e. The van der Waals surface area contributed by atoms with Crippen molar-refractivity contribution >= 4 is 17.5 Å². The lowest BCUT2D eigenvalue weighted by molar-refractivity contribution is -0.126. The molecule has 2 heterocycles. The van der Waals surface area contributed by atoms with Crippen LogP contribution in [0.25, 0.3) is 0 Å². The largest absolute Gasteiger partial charge is 0.484 e. The van der Waals surface area contributed by atoms with E-state index in [0.29, 0.717) is 30.8 Å². The van der Waals surface area contributed by atoms with Crippen LogP contribution in [0.2, 0.25) is 0 Å². The third kappa shape index (κ3) is 4.46. The second kappa shape index (κ2) is 8.68. The van der Waals surface area contributed by atoms with E-state index in [1.807, 2.05) is 19.2 Å². The molecule has 1 aliphatic rings. The lowest BCUT2D eigenvalue weighted by Crippen LogP contribution is -2.52. The second-order valence-corrected chi connectivity index (χ2v) is 6.45. The Hall–Kier alpha value is -2.87. The molecular weight excluding hydrogens is 346 g/mol. The predicted molar refractivity (Wildman–Crippen MR) is 102 cm³/mol. The third-order valence-corrected chi connectivity index (χ3v) is 4.65. The Bertz CT molecular complexity index is 752. The van der Waals surface area contributed by atoms with Crippen LogP contribution in [0.1, 0.15) is 19.8 Å². The zero-order valence-electron chi connectivity index (χ0n) is 15.4. The molecule has 2 aromatic rings. The van der Waals surface area contributed by atoms with Crippen molar-refractivity contribution in [2.45, 2.75) is 25.3 Å². The Kier molecular flexibility index (Phi) is 6.08. The van der Waals surface area contributed by atoms with Gasteiger partial charge in [0.05, 0.1) is 0 Å². The number of carbonyl (C=O) groups is 2. The highest BCUT2D eigenvalue weighted by Gasteiger charge is 2.42. The van der Waals surface area contributed by atoms with Crippen LogP contribution in [-0.2, 0) is 15.1 Å². The molecule has 0 bridgehead atoms. The van der Waals surface area contributed by atoms with E-state index in [1.165, 1.54) is 0 Å². The monoisotopic (exact) mass is 371 g/mol. The van der Waals surface area contributed by atoms with E-state index in [0.717, 1.165) is 13.1 Å². The number of rotatable bonds is 7. The number of nitrogens with zero attached hydrogens (tertiary/aromatic N) is 2. The van der Waals surface area contributed by atoms with Gasteiger partial charge in [0.25, 0.3) is 11.8 Å². The van der Waals surface area contributed by atoms with Gasteiger partial charge in [0.1, 0.15) is 11.3 Å². The van der Waals surface area contributed by atoms with Crippen molar-refractivity contribution in [2.24, 2.45) is 0 Å².